The summed E-state index contributed by atoms with van der Waals surface area (Å²) in [4.78, 5) is 23.5. The standard InChI is InChI=1S/C22H19BN2O5/c1-28-19-10-8-16(20(29-2)21(19)30-3)13-5-4-6-14(11-13)22(26)24-18-12-15(25-27)7-9-17(18)23/h4-12H,1-3H3,(H,24,26). The first-order valence-corrected chi connectivity index (χ1v) is 8.96. The van der Waals surface area contributed by atoms with Crippen LogP contribution < -0.4 is 25.0 Å². The van der Waals surface area contributed by atoms with Gasteiger partial charge in [0.2, 0.25) is 5.75 Å². The Morgan fingerprint density at radius 1 is 0.933 bits per heavy atom. The van der Waals surface area contributed by atoms with Gasteiger partial charge in [-0.3, -0.25) is 4.79 Å². The average molecular weight is 402 g/mol. The summed E-state index contributed by atoms with van der Waals surface area (Å²) >= 11 is 0. The molecule has 150 valence electrons. The summed E-state index contributed by atoms with van der Waals surface area (Å²) in [5.41, 5.74) is 2.68. The van der Waals surface area contributed by atoms with Gasteiger partial charge in [0.15, 0.2) is 11.5 Å². The van der Waals surface area contributed by atoms with E-state index in [0.717, 1.165) is 11.1 Å². The van der Waals surface area contributed by atoms with Gasteiger partial charge in [-0.25, -0.2) is 0 Å². The van der Waals surface area contributed by atoms with Crippen LogP contribution in [0.4, 0.5) is 11.4 Å². The van der Waals surface area contributed by atoms with Crippen LogP contribution in [0.15, 0.2) is 59.8 Å². The molecule has 0 fully saturated rings. The zero-order chi connectivity index (χ0) is 21.7. The molecule has 3 rings (SSSR count). The number of methoxy groups -OCH3 is 3. The number of hydrogen-bond donors (Lipinski definition) is 1. The molecule has 0 spiro atoms. The van der Waals surface area contributed by atoms with E-state index < -0.39 is 0 Å². The molecule has 1 amide bonds. The van der Waals surface area contributed by atoms with Crippen LogP contribution in [-0.4, -0.2) is 35.1 Å². The maximum atomic E-state index is 12.8. The van der Waals surface area contributed by atoms with E-state index in [1.165, 1.54) is 32.4 Å². The molecule has 3 aromatic rings. The molecule has 0 saturated heterocycles. The molecule has 0 unspecified atom stereocenters. The van der Waals surface area contributed by atoms with Crippen molar-refractivity contribution in [3.8, 4) is 28.4 Å². The third kappa shape index (κ3) is 4.12. The normalized spacial score (nSPS) is 10.2. The third-order valence-corrected chi connectivity index (χ3v) is 4.53. The van der Waals surface area contributed by atoms with Crippen molar-refractivity contribution in [2.45, 2.75) is 0 Å². The number of carbonyl (C=O) groups excluding carboxylic acids is 1. The summed E-state index contributed by atoms with van der Waals surface area (Å²) in [7, 11) is 10.5. The van der Waals surface area contributed by atoms with Gasteiger partial charge in [-0.05, 0) is 47.1 Å². The second-order valence-electron chi connectivity index (χ2n) is 6.28. The second kappa shape index (κ2) is 9.13. The maximum absolute atomic E-state index is 12.8. The smallest absolute Gasteiger partial charge is 0.255 e. The van der Waals surface area contributed by atoms with Crippen LogP contribution in [0.5, 0.6) is 17.2 Å². The van der Waals surface area contributed by atoms with Crippen molar-refractivity contribution in [1.29, 1.82) is 0 Å². The van der Waals surface area contributed by atoms with Gasteiger partial charge < -0.3 is 19.5 Å². The summed E-state index contributed by atoms with van der Waals surface area (Å²) in [5.74, 6) is 1.10. The molecular weight excluding hydrogens is 383 g/mol. The fraction of sp³-hybridized carbons (Fsp3) is 0.136. The molecule has 0 aliphatic carbocycles. The number of carbonyl (C=O) groups is 1. The van der Waals surface area contributed by atoms with E-state index in [0.29, 0.717) is 34.0 Å². The first-order chi connectivity index (χ1) is 14.5. The predicted molar refractivity (Wildman–Crippen MR) is 117 cm³/mol. The second-order valence-corrected chi connectivity index (χ2v) is 6.28. The number of benzene rings is 3. The average Bonchev–Trinajstić information content (AvgIpc) is 2.79. The Morgan fingerprint density at radius 3 is 2.37 bits per heavy atom. The van der Waals surface area contributed by atoms with Crippen molar-refractivity contribution in [2.75, 3.05) is 26.6 Å². The van der Waals surface area contributed by atoms with Gasteiger partial charge in [-0.1, -0.05) is 23.7 Å². The monoisotopic (exact) mass is 402 g/mol. The fourth-order valence-corrected chi connectivity index (χ4v) is 3.06. The van der Waals surface area contributed by atoms with Gasteiger partial charge in [-0.2, -0.15) is 0 Å². The van der Waals surface area contributed by atoms with Gasteiger partial charge in [0, 0.05) is 16.8 Å². The minimum Gasteiger partial charge on any atom is -0.493 e. The van der Waals surface area contributed by atoms with E-state index in [-0.39, 0.29) is 11.6 Å². The Bertz CT molecular complexity index is 1100. The van der Waals surface area contributed by atoms with Crippen LogP contribution in [0.3, 0.4) is 0 Å². The van der Waals surface area contributed by atoms with Gasteiger partial charge in [0.1, 0.15) is 13.5 Å². The number of nitroso groups, excluding NO2 is 1. The Labute approximate surface area is 175 Å². The van der Waals surface area contributed by atoms with E-state index in [2.05, 4.69) is 10.5 Å². The molecule has 0 atom stereocenters. The molecule has 2 radical (unpaired) electrons. The van der Waals surface area contributed by atoms with Crippen LogP contribution >= 0.6 is 0 Å². The molecule has 1 N–H and O–H groups in total. The highest BCUT2D eigenvalue weighted by molar-refractivity contribution is 6.36. The zero-order valence-corrected chi connectivity index (χ0v) is 16.8. The number of hydrogen-bond acceptors (Lipinski definition) is 6. The van der Waals surface area contributed by atoms with Gasteiger partial charge in [0.25, 0.3) is 5.91 Å². The van der Waals surface area contributed by atoms with Crippen LogP contribution in [0, 0.1) is 4.91 Å². The molecule has 8 heteroatoms. The van der Waals surface area contributed by atoms with Crippen molar-refractivity contribution >= 4 is 30.6 Å². The molecule has 0 bridgehead atoms. The predicted octanol–water partition coefficient (Wildman–Crippen LogP) is 3.82. The van der Waals surface area contributed by atoms with Crippen LogP contribution in [0.2, 0.25) is 0 Å². The lowest BCUT2D eigenvalue weighted by Gasteiger charge is -2.16. The molecule has 0 aromatic heterocycles. The SMILES string of the molecule is [B]c1ccc(N=O)cc1NC(=O)c1cccc(-c2ccc(OC)c(OC)c2OC)c1. The maximum Gasteiger partial charge on any atom is 0.255 e. The van der Waals surface area contributed by atoms with Gasteiger partial charge in [0.05, 0.1) is 21.3 Å². The van der Waals surface area contributed by atoms with Gasteiger partial charge in [-0.15, -0.1) is 4.91 Å². The van der Waals surface area contributed by atoms with E-state index in [1.54, 1.807) is 31.4 Å². The molecule has 30 heavy (non-hydrogen) atoms. The summed E-state index contributed by atoms with van der Waals surface area (Å²) in [6.45, 7) is 0. The Morgan fingerprint density at radius 2 is 1.70 bits per heavy atom. The van der Waals surface area contributed by atoms with E-state index in [9.17, 15) is 9.70 Å². The Balaban J connectivity index is 1.97. The summed E-state index contributed by atoms with van der Waals surface area (Å²) in [6, 6.07) is 15.0. The lowest BCUT2D eigenvalue weighted by Crippen LogP contribution is -2.18. The largest absolute Gasteiger partial charge is 0.493 e. The number of nitrogens with one attached hydrogen (secondary N) is 1. The number of nitrogens with zero attached hydrogens (tertiary/aromatic N) is 1. The van der Waals surface area contributed by atoms with Crippen LogP contribution in [-0.2, 0) is 0 Å². The first kappa shape index (κ1) is 20.9. The molecule has 0 heterocycles. The quantitative estimate of drug-likeness (QED) is 0.480. The molecule has 0 aliphatic heterocycles. The molecule has 3 aromatic carbocycles. The highest BCUT2D eigenvalue weighted by Crippen LogP contribution is 2.44. The Hall–Kier alpha value is -3.81. The molecule has 0 aliphatic rings. The third-order valence-electron chi connectivity index (χ3n) is 4.53. The van der Waals surface area contributed by atoms with Crippen LogP contribution in [0.1, 0.15) is 10.4 Å². The van der Waals surface area contributed by atoms with Gasteiger partial charge >= 0.3 is 0 Å². The number of amides is 1. The van der Waals surface area contributed by atoms with Crippen LogP contribution in [0.25, 0.3) is 11.1 Å². The van der Waals surface area contributed by atoms with Crippen molar-refractivity contribution in [1.82, 2.24) is 0 Å². The van der Waals surface area contributed by atoms with Crippen molar-refractivity contribution in [2.24, 2.45) is 5.18 Å². The lowest BCUT2D eigenvalue weighted by atomic mass is 9.93. The molecule has 0 saturated carbocycles. The van der Waals surface area contributed by atoms with Crippen molar-refractivity contribution in [3.63, 3.8) is 0 Å². The summed E-state index contributed by atoms with van der Waals surface area (Å²) in [6.07, 6.45) is 0. The molecule has 7 nitrogen and oxygen atoms in total. The Kier molecular flexibility index (Phi) is 6.37. The highest BCUT2D eigenvalue weighted by Gasteiger charge is 2.18. The number of rotatable bonds is 7. The topological polar surface area (TPSA) is 86.2 Å². The number of ether oxygens (including phenoxy) is 3. The number of anilines is 1. The first-order valence-electron chi connectivity index (χ1n) is 8.96. The summed E-state index contributed by atoms with van der Waals surface area (Å²) in [5, 5.41) is 5.57. The fourth-order valence-electron chi connectivity index (χ4n) is 3.06. The summed E-state index contributed by atoms with van der Waals surface area (Å²) < 4.78 is 16.3. The van der Waals surface area contributed by atoms with E-state index in [4.69, 9.17) is 22.1 Å². The minimum absolute atomic E-state index is 0.170. The lowest BCUT2D eigenvalue weighted by molar-refractivity contribution is 0.102. The molecular formula is C22H19BN2O5. The minimum atomic E-state index is -0.383. The van der Waals surface area contributed by atoms with Crippen molar-refractivity contribution in [3.05, 3.63) is 65.1 Å². The highest BCUT2D eigenvalue weighted by atomic mass is 16.5. The zero-order valence-electron chi connectivity index (χ0n) is 16.8. The van der Waals surface area contributed by atoms with E-state index in [1.807, 2.05) is 12.1 Å². The van der Waals surface area contributed by atoms with E-state index >= 15 is 0 Å². The van der Waals surface area contributed by atoms with Crippen molar-refractivity contribution < 1.29 is 19.0 Å².